The van der Waals surface area contributed by atoms with Crippen LogP contribution in [0.1, 0.15) is 19.4 Å². The summed E-state index contributed by atoms with van der Waals surface area (Å²) in [5, 5.41) is 9.92. The van der Waals surface area contributed by atoms with Crippen LogP contribution in [0.15, 0.2) is 18.5 Å². The number of methoxy groups -OCH3 is 2. The van der Waals surface area contributed by atoms with Crippen molar-refractivity contribution in [1.82, 2.24) is 4.98 Å². The van der Waals surface area contributed by atoms with Gasteiger partial charge in [-0.25, -0.2) is 4.79 Å². The number of nitrogens with zero attached hydrogens (tertiary/aromatic N) is 1. The van der Waals surface area contributed by atoms with Crippen molar-refractivity contribution in [2.24, 2.45) is 0 Å². The number of aliphatic hydroxyl groups excluding tert-OH is 1. The van der Waals surface area contributed by atoms with E-state index < -0.39 is 17.5 Å². The molecule has 5 heteroatoms. The zero-order chi connectivity index (χ0) is 13.1. The molecule has 5 nitrogen and oxygen atoms in total. The minimum atomic E-state index is -1.25. The van der Waals surface area contributed by atoms with Gasteiger partial charge in [-0.05, 0) is 11.6 Å². The lowest BCUT2D eigenvalue weighted by molar-refractivity contribution is -0.153. The van der Waals surface area contributed by atoms with Gasteiger partial charge in [0.25, 0.3) is 0 Å². The van der Waals surface area contributed by atoms with Crippen LogP contribution < -0.4 is 4.74 Å². The molecule has 1 rings (SSSR count). The van der Waals surface area contributed by atoms with Crippen LogP contribution in [-0.2, 0) is 14.9 Å². The van der Waals surface area contributed by atoms with Crippen LogP contribution in [0.2, 0.25) is 0 Å². The normalized spacial score (nSPS) is 13.0. The summed E-state index contributed by atoms with van der Waals surface area (Å²) in [5.41, 5.74) is -0.0935. The highest BCUT2D eigenvalue weighted by Gasteiger charge is 2.36. The smallest absolute Gasteiger partial charge is 0.335 e. The first kappa shape index (κ1) is 13.4. The molecule has 0 bridgehead atoms. The van der Waals surface area contributed by atoms with Gasteiger partial charge in [-0.3, -0.25) is 4.98 Å². The molecule has 0 aliphatic rings. The van der Waals surface area contributed by atoms with Crippen LogP contribution in [0.3, 0.4) is 0 Å². The standard InChI is InChI=1S/C12H17NO4/c1-12(2,10(14)11(15)17-4)8-5-9(16-3)7-13-6-8/h5-7,10,14H,1-4H3. The van der Waals surface area contributed by atoms with E-state index in [0.717, 1.165) is 0 Å². The second kappa shape index (κ2) is 5.14. The predicted octanol–water partition coefficient (Wildman–Crippen LogP) is 0.902. The molecule has 0 aliphatic heterocycles. The van der Waals surface area contributed by atoms with E-state index in [1.807, 2.05) is 0 Å². The van der Waals surface area contributed by atoms with E-state index in [0.29, 0.717) is 11.3 Å². The van der Waals surface area contributed by atoms with Gasteiger partial charge in [0, 0.05) is 11.6 Å². The van der Waals surface area contributed by atoms with Crippen molar-refractivity contribution in [3.8, 4) is 5.75 Å². The number of aromatic nitrogens is 1. The fraction of sp³-hybridized carbons (Fsp3) is 0.500. The molecule has 1 atom stereocenters. The summed E-state index contributed by atoms with van der Waals surface area (Å²) in [4.78, 5) is 15.4. The van der Waals surface area contributed by atoms with Gasteiger partial charge >= 0.3 is 5.97 Å². The summed E-state index contributed by atoms with van der Waals surface area (Å²) in [6.07, 6.45) is 1.90. The Morgan fingerprint density at radius 1 is 1.41 bits per heavy atom. The highest BCUT2D eigenvalue weighted by molar-refractivity contribution is 5.76. The van der Waals surface area contributed by atoms with Crippen molar-refractivity contribution in [1.29, 1.82) is 0 Å². The number of hydrogen-bond donors (Lipinski definition) is 1. The van der Waals surface area contributed by atoms with Gasteiger partial charge in [0.2, 0.25) is 0 Å². The van der Waals surface area contributed by atoms with Crippen molar-refractivity contribution in [2.75, 3.05) is 14.2 Å². The molecule has 0 aromatic carbocycles. The monoisotopic (exact) mass is 239 g/mol. The summed E-state index contributed by atoms with van der Waals surface area (Å²) in [7, 11) is 2.77. The molecule has 0 fully saturated rings. The molecule has 1 heterocycles. The van der Waals surface area contributed by atoms with E-state index in [1.165, 1.54) is 14.2 Å². The second-order valence-corrected chi connectivity index (χ2v) is 4.26. The van der Waals surface area contributed by atoms with E-state index in [1.54, 1.807) is 32.3 Å². The van der Waals surface area contributed by atoms with Gasteiger partial charge < -0.3 is 14.6 Å². The Hall–Kier alpha value is -1.62. The minimum Gasteiger partial charge on any atom is -0.495 e. The number of ether oxygens (including phenoxy) is 2. The summed E-state index contributed by atoms with van der Waals surface area (Å²) in [6, 6.07) is 1.74. The lowest BCUT2D eigenvalue weighted by atomic mass is 9.80. The molecule has 1 aromatic heterocycles. The van der Waals surface area contributed by atoms with Gasteiger partial charge in [-0.1, -0.05) is 13.8 Å². The molecule has 1 aromatic rings. The Labute approximate surface area is 100 Å². The highest BCUT2D eigenvalue weighted by Crippen LogP contribution is 2.29. The SMILES string of the molecule is COC(=O)C(O)C(C)(C)c1cncc(OC)c1. The number of hydrogen-bond acceptors (Lipinski definition) is 5. The molecule has 17 heavy (non-hydrogen) atoms. The van der Waals surface area contributed by atoms with Gasteiger partial charge in [0.1, 0.15) is 5.75 Å². The first-order valence-electron chi connectivity index (χ1n) is 5.19. The van der Waals surface area contributed by atoms with E-state index in [4.69, 9.17) is 4.74 Å². The number of esters is 1. The third-order valence-corrected chi connectivity index (χ3v) is 2.80. The van der Waals surface area contributed by atoms with Crippen LogP contribution in [0.5, 0.6) is 5.75 Å². The zero-order valence-electron chi connectivity index (χ0n) is 10.4. The third kappa shape index (κ3) is 2.74. The number of aliphatic hydroxyl groups is 1. The van der Waals surface area contributed by atoms with Crippen molar-refractivity contribution in [3.63, 3.8) is 0 Å². The predicted molar refractivity (Wildman–Crippen MR) is 61.8 cm³/mol. The third-order valence-electron chi connectivity index (χ3n) is 2.80. The lowest BCUT2D eigenvalue weighted by Crippen LogP contribution is -2.40. The van der Waals surface area contributed by atoms with Gasteiger partial charge in [0.15, 0.2) is 6.10 Å². The molecule has 0 amide bonds. The van der Waals surface area contributed by atoms with Gasteiger partial charge in [0.05, 0.1) is 20.4 Å². The van der Waals surface area contributed by atoms with Crippen LogP contribution in [0.4, 0.5) is 0 Å². The summed E-state index contributed by atoms with van der Waals surface area (Å²) in [5.74, 6) is -0.0922. The maximum Gasteiger partial charge on any atom is 0.335 e. The minimum absolute atomic E-state index is 0.577. The Morgan fingerprint density at radius 2 is 2.06 bits per heavy atom. The number of carbonyl (C=O) groups excluding carboxylic acids is 1. The number of rotatable bonds is 4. The lowest BCUT2D eigenvalue weighted by Gasteiger charge is -2.28. The van der Waals surface area contributed by atoms with Gasteiger partial charge in [-0.2, -0.15) is 0 Å². The fourth-order valence-corrected chi connectivity index (χ4v) is 1.45. The average Bonchev–Trinajstić information content (AvgIpc) is 2.36. The fourth-order valence-electron chi connectivity index (χ4n) is 1.45. The van der Waals surface area contributed by atoms with Gasteiger partial charge in [-0.15, -0.1) is 0 Å². The van der Waals surface area contributed by atoms with Crippen molar-refractivity contribution < 1.29 is 19.4 Å². The topological polar surface area (TPSA) is 68.7 Å². The first-order chi connectivity index (χ1) is 7.93. The van der Waals surface area contributed by atoms with E-state index in [-0.39, 0.29) is 0 Å². The first-order valence-corrected chi connectivity index (χ1v) is 5.19. The average molecular weight is 239 g/mol. The molecule has 1 unspecified atom stereocenters. The number of carbonyl (C=O) groups is 1. The molecule has 0 spiro atoms. The molecular formula is C12H17NO4. The molecule has 0 saturated heterocycles. The highest BCUT2D eigenvalue weighted by atomic mass is 16.5. The van der Waals surface area contributed by atoms with Crippen LogP contribution in [0, 0.1) is 0 Å². The summed E-state index contributed by atoms with van der Waals surface area (Å²) >= 11 is 0. The Balaban J connectivity index is 3.06. The zero-order valence-corrected chi connectivity index (χ0v) is 10.4. The van der Waals surface area contributed by atoms with Crippen molar-refractivity contribution >= 4 is 5.97 Å². The van der Waals surface area contributed by atoms with Crippen LogP contribution >= 0.6 is 0 Å². The van der Waals surface area contributed by atoms with E-state index in [2.05, 4.69) is 9.72 Å². The Bertz CT molecular complexity index is 403. The molecule has 0 saturated carbocycles. The molecule has 94 valence electrons. The largest absolute Gasteiger partial charge is 0.495 e. The van der Waals surface area contributed by atoms with Crippen LogP contribution in [0.25, 0.3) is 0 Å². The van der Waals surface area contributed by atoms with E-state index >= 15 is 0 Å². The van der Waals surface area contributed by atoms with Crippen molar-refractivity contribution in [3.05, 3.63) is 24.0 Å². The molecular weight excluding hydrogens is 222 g/mol. The summed E-state index contributed by atoms with van der Waals surface area (Å²) < 4.78 is 9.59. The molecule has 1 N–H and O–H groups in total. The quantitative estimate of drug-likeness (QED) is 0.791. The second-order valence-electron chi connectivity index (χ2n) is 4.26. The number of pyridine rings is 1. The Morgan fingerprint density at radius 3 is 2.59 bits per heavy atom. The van der Waals surface area contributed by atoms with E-state index in [9.17, 15) is 9.90 Å². The molecule has 0 radical (unpaired) electrons. The maximum atomic E-state index is 11.4. The Kier molecular flexibility index (Phi) is 4.07. The maximum absolute atomic E-state index is 11.4. The van der Waals surface area contributed by atoms with Crippen molar-refractivity contribution in [2.45, 2.75) is 25.4 Å². The molecule has 0 aliphatic carbocycles. The summed E-state index contributed by atoms with van der Waals surface area (Å²) in [6.45, 7) is 3.48. The van der Waals surface area contributed by atoms with Crippen LogP contribution in [-0.4, -0.2) is 36.4 Å².